The molecule has 0 atom stereocenters. The second-order valence-corrected chi connectivity index (χ2v) is 1.09. The fourth-order valence-corrected chi connectivity index (χ4v) is 0.202. The summed E-state index contributed by atoms with van der Waals surface area (Å²) in [6.45, 7) is 2.36. The van der Waals surface area contributed by atoms with Gasteiger partial charge in [0.15, 0.2) is 0 Å². The summed E-state index contributed by atoms with van der Waals surface area (Å²) in [7, 11) is 0. The van der Waals surface area contributed by atoms with Crippen molar-refractivity contribution in [3.63, 3.8) is 0 Å². The maximum absolute atomic E-state index is 9.81. The van der Waals surface area contributed by atoms with Gasteiger partial charge in [0.1, 0.15) is 0 Å². The average Bonchev–Trinajstić information content (AvgIpc) is 1.27. The summed E-state index contributed by atoms with van der Waals surface area (Å²) in [5.74, 6) is -1.12. The van der Waals surface area contributed by atoms with E-state index >= 15 is 0 Å². The maximum atomic E-state index is 9.81. The van der Waals surface area contributed by atoms with E-state index in [-0.39, 0.29) is 22.4 Å². The summed E-state index contributed by atoms with van der Waals surface area (Å²) in [5, 5.41) is 0. The Labute approximate surface area is 62.9 Å². The fourth-order valence-electron chi connectivity index (χ4n) is 0.202. The van der Waals surface area contributed by atoms with Crippen molar-refractivity contribution in [1.82, 2.24) is 0 Å². The van der Waals surface area contributed by atoms with Gasteiger partial charge in [-0.2, -0.15) is 0 Å². The van der Waals surface area contributed by atoms with Crippen LogP contribution in [0.1, 0.15) is 13.8 Å². The summed E-state index contributed by atoms with van der Waals surface area (Å²) in [4.78, 5) is 19.6. The monoisotopic (exact) mass is 299 g/mol. The van der Waals surface area contributed by atoms with Crippen molar-refractivity contribution >= 4 is 11.9 Å². The van der Waals surface area contributed by atoms with Crippen molar-refractivity contribution in [2.75, 3.05) is 0 Å². The first kappa shape index (κ1) is 10.8. The maximum Gasteiger partial charge on any atom is 0.310 e. The van der Waals surface area contributed by atoms with E-state index in [9.17, 15) is 9.59 Å². The number of carbonyl (C=O) groups is 2. The molecule has 0 N–H and O–H groups in total. The number of rotatable bonds is 0. The summed E-state index contributed by atoms with van der Waals surface area (Å²) >= 11 is 0. The van der Waals surface area contributed by atoms with Crippen molar-refractivity contribution in [3.8, 4) is 0 Å². The molecule has 0 saturated carbocycles. The molecular weight excluding hydrogens is 293 g/mol. The van der Waals surface area contributed by atoms with Crippen LogP contribution >= 0.6 is 0 Å². The van der Waals surface area contributed by atoms with Crippen LogP contribution in [0.3, 0.4) is 0 Å². The largest absolute Gasteiger partial charge is 0.394 e. The third kappa shape index (κ3) is 9.30. The topological polar surface area (TPSA) is 43.4 Å². The van der Waals surface area contributed by atoms with Gasteiger partial charge in [-0.3, -0.25) is 9.59 Å². The van der Waals surface area contributed by atoms with Gasteiger partial charge < -0.3 is 4.74 Å². The quantitative estimate of drug-likeness (QED) is 0.362. The molecule has 3 nitrogen and oxygen atoms in total. The van der Waals surface area contributed by atoms with Crippen molar-refractivity contribution < 1.29 is 36.7 Å². The van der Waals surface area contributed by atoms with Crippen LogP contribution < -0.4 is 0 Å². The summed E-state index contributed by atoms with van der Waals surface area (Å²) in [5.41, 5.74) is 0. The molecule has 0 aromatic carbocycles. The smallest absolute Gasteiger partial charge is 0.310 e. The molecular formula is C4H6AuO3. The van der Waals surface area contributed by atoms with E-state index in [0.717, 1.165) is 0 Å². The minimum atomic E-state index is -0.562. The van der Waals surface area contributed by atoms with E-state index < -0.39 is 11.9 Å². The van der Waals surface area contributed by atoms with Gasteiger partial charge in [0, 0.05) is 36.2 Å². The van der Waals surface area contributed by atoms with Crippen molar-refractivity contribution in [3.05, 3.63) is 0 Å². The predicted octanol–water partition coefficient (Wildman–Crippen LogP) is 0.0935. The molecule has 51 valence electrons. The predicted molar refractivity (Wildman–Crippen MR) is 22.4 cm³/mol. The fraction of sp³-hybridized carbons (Fsp3) is 0.500. The molecule has 0 amide bonds. The van der Waals surface area contributed by atoms with Gasteiger partial charge in [0.25, 0.3) is 0 Å². The summed E-state index contributed by atoms with van der Waals surface area (Å²) in [6, 6.07) is 0. The van der Waals surface area contributed by atoms with Gasteiger partial charge in [-0.05, 0) is 0 Å². The average molecular weight is 299 g/mol. The first-order valence-electron chi connectivity index (χ1n) is 1.82. The van der Waals surface area contributed by atoms with E-state index in [2.05, 4.69) is 4.74 Å². The van der Waals surface area contributed by atoms with Gasteiger partial charge in [-0.25, -0.2) is 0 Å². The number of esters is 2. The van der Waals surface area contributed by atoms with Crippen LogP contribution in [0.25, 0.3) is 0 Å². The standard InChI is InChI=1S/C4H6O3.Au/c1-3(5)7-4(2)6;/h1-2H3;. The zero-order valence-corrected chi connectivity index (χ0v) is 6.69. The second kappa shape index (κ2) is 5.03. The Balaban J connectivity index is 0. The first-order valence-corrected chi connectivity index (χ1v) is 1.82. The number of ether oxygens (including phenoxy) is 1. The Morgan fingerprint density at radius 2 is 1.38 bits per heavy atom. The number of hydrogen-bond donors (Lipinski definition) is 0. The van der Waals surface area contributed by atoms with Gasteiger partial charge in [-0.1, -0.05) is 0 Å². The minimum Gasteiger partial charge on any atom is -0.394 e. The molecule has 0 aliphatic heterocycles. The van der Waals surface area contributed by atoms with Crippen LogP contribution in [0.4, 0.5) is 0 Å². The Morgan fingerprint density at radius 1 is 1.12 bits per heavy atom. The third-order valence-electron chi connectivity index (χ3n) is 0.287. The van der Waals surface area contributed by atoms with E-state index in [1.54, 1.807) is 0 Å². The molecule has 0 aliphatic carbocycles. The second-order valence-electron chi connectivity index (χ2n) is 1.09. The van der Waals surface area contributed by atoms with Crippen molar-refractivity contribution in [2.45, 2.75) is 13.8 Å². The molecule has 0 fully saturated rings. The molecule has 0 heterocycles. The molecule has 0 aromatic heterocycles. The zero-order chi connectivity index (χ0) is 5.86. The molecule has 8 heavy (non-hydrogen) atoms. The molecule has 0 bridgehead atoms. The summed E-state index contributed by atoms with van der Waals surface area (Å²) < 4.78 is 3.97. The third-order valence-corrected chi connectivity index (χ3v) is 0.287. The van der Waals surface area contributed by atoms with E-state index in [4.69, 9.17) is 0 Å². The van der Waals surface area contributed by atoms with Crippen molar-refractivity contribution in [2.24, 2.45) is 0 Å². The Hall–Kier alpha value is -0.120. The molecule has 0 spiro atoms. The van der Waals surface area contributed by atoms with E-state index in [1.165, 1.54) is 13.8 Å². The Kier molecular flexibility index (Phi) is 6.78. The molecule has 0 saturated heterocycles. The van der Waals surface area contributed by atoms with Crippen LogP contribution in [0.5, 0.6) is 0 Å². The SMILES string of the molecule is CC(=O)OC(C)=O.[Au]. The van der Waals surface area contributed by atoms with Gasteiger partial charge in [0.05, 0.1) is 0 Å². The van der Waals surface area contributed by atoms with Crippen LogP contribution in [0.2, 0.25) is 0 Å². The summed E-state index contributed by atoms with van der Waals surface area (Å²) in [6.07, 6.45) is 0. The van der Waals surface area contributed by atoms with Crippen LogP contribution in [0.15, 0.2) is 0 Å². The molecule has 0 rings (SSSR count). The zero-order valence-electron chi connectivity index (χ0n) is 4.53. The Morgan fingerprint density at radius 3 is 1.38 bits per heavy atom. The van der Waals surface area contributed by atoms with E-state index in [1.807, 2.05) is 0 Å². The Bertz CT molecular complexity index is 87.5. The molecule has 0 unspecified atom stereocenters. The van der Waals surface area contributed by atoms with Crippen molar-refractivity contribution in [1.29, 1.82) is 0 Å². The number of carbonyl (C=O) groups excluding carboxylic acids is 2. The minimum absolute atomic E-state index is 0. The molecule has 1 radical (unpaired) electrons. The van der Waals surface area contributed by atoms with Gasteiger partial charge in [0.2, 0.25) is 0 Å². The first-order chi connectivity index (χ1) is 3.13. The van der Waals surface area contributed by atoms with Gasteiger partial charge >= 0.3 is 11.9 Å². The number of hydrogen-bond acceptors (Lipinski definition) is 3. The molecule has 0 aliphatic rings. The van der Waals surface area contributed by atoms with E-state index in [0.29, 0.717) is 0 Å². The molecule has 0 aromatic rings. The van der Waals surface area contributed by atoms with Crippen LogP contribution in [-0.4, -0.2) is 11.9 Å². The normalized spacial score (nSPS) is 6.75. The van der Waals surface area contributed by atoms with Crippen LogP contribution in [-0.2, 0) is 36.7 Å². The van der Waals surface area contributed by atoms with Crippen LogP contribution in [0, 0.1) is 0 Å². The van der Waals surface area contributed by atoms with Gasteiger partial charge in [-0.15, -0.1) is 0 Å². The molecule has 4 heteroatoms.